The van der Waals surface area contributed by atoms with E-state index in [2.05, 4.69) is 34.3 Å². The van der Waals surface area contributed by atoms with Crippen molar-refractivity contribution in [3.05, 3.63) is 17.7 Å². The number of likely N-dealkylation sites (N-methyl/N-ethyl adjacent to an activating group) is 1. The van der Waals surface area contributed by atoms with Crippen molar-refractivity contribution in [3.8, 4) is 0 Å². The molecule has 104 valence electrons. The molecule has 0 aliphatic carbocycles. The molecule has 2 N–H and O–H groups in total. The van der Waals surface area contributed by atoms with Gasteiger partial charge in [0.05, 0.1) is 23.8 Å². The molecule has 2 atom stereocenters. The minimum absolute atomic E-state index is 0.114. The van der Waals surface area contributed by atoms with Gasteiger partial charge in [-0.15, -0.1) is 0 Å². The Morgan fingerprint density at radius 1 is 1.53 bits per heavy atom. The molecule has 1 amide bonds. The molecule has 6 heteroatoms. The highest BCUT2D eigenvalue weighted by Gasteiger charge is 2.33. The van der Waals surface area contributed by atoms with E-state index in [9.17, 15) is 4.79 Å². The number of fused-ring (bicyclic) bond motifs is 1. The first-order valence-corrected chi connectivity index (χ1v) is 6.85. The Morgan fingerprint density at radius 2 is 2.37 bits per heavy atom. The standard InChI is InChI=1S/C13H21N5O/c1-17(2)9-3-4-18(7-9)13(19)11-5-10-12(6-14-11)16-8-15-10/h8-9,11,14H,3-7H2,1-2H3,(H,15,16). The molecule has 0 spiro atoms. The molecule has 0 saturated carbocycles. The molecule has 0 radical (unpaired) electrons. The van der Waals surface area contributed by atoms with Crippen LogP contribution in [0.5, 0.6) is 0 Å². The van der Waals surface area contributed by atoms with Gasteiger partial charge in [-0.1, -0.05) is 0 Å². The van der Waals surface area contributed by atoms with Crippen LogP contribution in [0.3, 0.4) is 0 Å². The van der Waals surface area contributed by atoms with Gasteiger partial charge in [0.15, 0.2) is 0 Å². The number of amides is 1. The van der Waals surface area contributed by atoms with E-state index in [0.717, 1.165) is 30.9 Å². The van der Waals surface area contributed by atoms with E-state index in [1.54, 1.807) is 6.33 Å². The third-order valence-electron chi connectivity index (χ3n) is 4.23. The Bertz CT molecular complexity index is 469. The third-order valence-corrected chi connectivity index (χ3v) is 4.23. The van der Waals surface area contributed by atoms with E-state index in [4.69, 9.17) is 0 Å². The zero-order valence-electron chi connectivity index (χ0n) is 11.5. The lowest BCUT2D eigenvalue weighted by Gasteiger charge is -2.27. The second kappa shape index (κ2) is 4.94. The number of nitrogens with one attached hydrogen (secondary N) is 2. The minimum atomic E-state index is -0.114. The lowest BCUT2D eigenvalue weighted by Crippen LogP contribution is -2.49. The molecule has 0 aromatic carbocycles. The molecule has 2 aliphatic heterocycles. The second-order valence-corrected chi connectivity index (χ2v) is 5.66. The van der Waals surface area contributed by atoms with Crippen LogP contribution < -0.4 is 5.32 Å². The van der Waals surface area contributed by atoms with Gasteiger partial charge in [-0.05, 0) is 20.5 Å². The lowest BCUT2D eigenvalue weighted by atomic mass is 10.0. The van der Waals surface area contributed by atoms with Gasteiger partial charge in [-0.25, -0.2) is 4.98 Å². The van der Waals surface area contributed by atoms with Crippen molar-refractivity contribution in [2.75, 3.05) is 27.2 Å². The Balaban J connectivity index is 1.63. The van der Waals surface area contributed by atoms with Crippen LogP contribution >= 0.6 is 0 Å². The van der Waals surface area contributed by atoms with E-state index in [-0.39, 0.29) is 11.9 Å². The molecule has 2 aliphatic rings. The summed E-state index contributed by atoms with van der Waals surface area (Å²) < 4.78 is 0. The first-order valence-electron chi connectivity index (χ1n) is 6.85. The van der Waals surface area contributed by atoms with Gasteiger partial charge in [-0.2, -0.15) is 0 Å². The molecule has 6 nitrogen and oxygen atoms in total. The fraction of sp³-hybridized carbons (Fsp3) is 0.692. The number of carbonyl (C=O) groups excluding carboxylic acids is 1. The van der Waals surface area contributed by atoms with Crippen molar-refractivity contribution in [1.29, 1.82) is 0 Å². The SMILES string of the molecule is CN(C)C1CCN(C(=O)C2Cc3nc[nH]c3CN2)C1. The van der Waals surface area contributed by atoms with E-state index >= 15 is 0 Å². The summed E-state index contributed by atoms with van der Waals surface area (Å²) in [7, 11) is 4.15. The molecule has 19 heavy (non-hydrogen) atoms. The Morgan fingerprint density at radius 3 is 3.11 bits per heavy atom. The summed E-state index contributed by atoms with van der Waals surface area (Å²) in [6.45, 7) is 2.42. The van der Waals surface area contributed by atoms with Crippen LogP contribution in [0.1, 0.15) is 17.8 Å². The summed E-state index contributed by atoms with van der Waals surface area (Å²) in [5.74, 6) is 0.220. The predicted octanol–water partition coefficient (Wildman–Crippen LogP) is -0.413. The number of aromatic nitrogens is 2. The number of hydrogen-bond donors (Lipinski definition) is 2. The molecule has 2 unspecified atom stereocenters. The van der Waals surface area contributed by atoms with Gasteiger partial charge >= 0.3 is 0 Å². The molecule has 1 aromatic rings. The third kappa shape index (κ3) is 2.37. The smallest absolute Gasteiger partial charge is 0.240 e. The van der Waals surface area contributed by atoms with Crippen LogP contribution in [0.15, 0.2) is 6.33 Å². The van der Waals surface area contributed by atoms with Gasteiger partial charge in [0.1, 0.15) is 0 Å². The van der Waals surface area contributed by atoms with Crippen molar-refractivity contribution >= 4 is 5.91 Å². The maximum atomic E-state index is 12.5. The number of hydrogen-bond acceptors (Lipinski definition) is 4. The summed E-state index contributed by atoms with van der Waals surface area (Å²) in [5.41, 5.74) is 2.14. The minimum Gasteiger partial charge on any atom is -0.347 e. The van der Waals surface area contributed by atoms with Crippen molar-refractivity contribution in [2.45, 2.75) is 31.5 Å². The molecule has 0 bridgehead atoms. The van der Waals surface area contributed by atoms with Crippen molar-refractivity contribution in [1.82, 2.24) is 25.1 Å². The maximum Gasteiger partial charge on any atom is 0.240 e. The van der Waals surface area contributed by atoms with Crippen LogP contribution in [0, 0.1) is 0 Å². The number of likely N-dealkylation sites (tertiary alicyclic amines) is 1. The average molecular weight is 263 g/mol. The highest BCUT2D eigenvalue weighted by Crippen LogP contribution is 2.18. The molecule has 3 heterocycles. The Kier molecular flexibility index (Phi) is 3.28. The summed E-state index contributed by atoms with van der Waals surface area (Å²) >= 11 is 0. The summed E-state index contributed by atoms with van der Waals surface area (Å²) in [6, 6.07) is 0.380. The number of nitrogens with zero attached hydrogens (tertiary/aromatic N) is 3. The average Bonchev–Trinajstić information content (AvgIpc) is 3.06. The van der Waals surface area contributed by atoms with Gasteiger partial charge in [0.25, 0.3) is 0 Å². The largest absolute Gasteiger partial charge is 0.347 e. The van der Waals surface area contributed by atoms with E-state index in [1.165, 1.54) is 0 Å². The Hall–Kier alpha value is -1.40. The first kappa shape index (κ1) is 12.6. The number of rotatable bonds is 2. The summed E-state index contributed by atoms with van der Waals surface area (Å²) in [4.78, 5) is 24.1. The van der Waals surface area contributed by atoms with Crippen LogP contribution in [-0.4, -0.2) is 64.9 Å². The molecular formula is C13H21N5O. The number of H-pyrrole nitrogens is 1. The topological polar surface area (TPSA) is 64.3 Å². The fourth-order valence-electron chi connectivity index (χ4n) is 2.93. The van der Waals surface area contributed by atoms with Gasteiger partial charge in [0.2, 0.25) is 5.91 Å². The fourth-order valence-corrected chi connectivity index (χ4v) is 2.93. The van der Waals surface area contributed by atoms with Crippen molar-refractivity contribution in [2.24, 2.45) is 0 Å². The molecule has 1 aromatic heterocycles. The monoisotopic (exact) mass is 263 g/mol. The van der Waals surface area contributed by atoms with Gasteiger partial charge < -0.3 is 14.8 Å². The van der Waals surface area contributed by atoms with Crippen molar-refractivity contribution < 1.29 is 4.79 Å². The molecule has 1 saturated heterocycles. The van der Waals surface area contributed by atoms with Crippen LogP contribution in [0.25, 0.3) is 0 Å². The Labute approximate surface area is 113 Å². The van der Waals surface area contributed by atoms with Crippen LogP contribution in [-0.2, 0) is 17.8 Å². The summed E-state index contributed by atoms with van der Waals surface area (Å²) in [6.07, 6.45) is 3.47. The van der Waals surface area contributed by atoms with E-state index in [1.807, 2.05) is 4.90 Å². The number of aromatic amines is 1. The van der Waals surface area contributed by atoms with Crippen LogP contribution in [0.2, 0.25) is 0 Å². The number of carbonyl (C=O) groups is 1. The van der Waals surface area contributed by atoms with E-state index in [0.29, 0.717) is 19.0 Å². The van der Waals surface area contributed by atoms with Crippen LogP contribution in [0.4, 0.5) is 0 Å². The highest BCUT2D eigenvalue weighted by molar-refractivity contribution is 5.82. The highest BCUT2D eigenvalue weighted by atomic mass is 16.2. The zero-order valence-corrected chi connectivity index (χ0v) is 11.5. The van der Waals surface area contributed by atoms with Gasteiger partial charge in [0, 0.05) is 32.1 Å². The number of imidazole rings is 1. The first-order chi connectivity index (χ1) is 9.15. The lowest BCUT2D eigenvalue weighted by molar-refractivity contribution is -0.132. The quantitative estimate of drug-likeness (QED) is 0.761. The molecule has 3 rings (SSSR count). The van der Waals surface area contributed by atoms with E-state index < -0.39 is 0 Å². The normalized spacial score (nSPS) is 26.8. The molecule has 1 fully saturated rings. The van der Waals surface area contributed by atoms with Crippen molar-refractivity contribution in [3.63, 3.8) is 0 Å². The second-order valence-electron chi connectivity index (χ2n) is 5.66. The van der Waals surface area contributed by atoms with Gasteiger partial charge in [-0.3, -0.25) is 10.1 Å². The zero-order chi connectivity index (χ0) is 13.4. The predicted molar refractivity (Wildman–Crippen MR) is 71.6 cm³/mol. The maximum absolute atomic E-state index is 12.5. The molecular weight excluding hydrogens is 242 g/mol. The summed E-state index contributed by atoms with van der Waals surface area (Å²) in [5, 5.41) is 3.31.